The second-order valence-electron chi connectivity index (χ2n) is 19.1. The molecule has 0 aliphatic rings. The number of fused-ring (bicyclic) bond motifs is 6. The highest BCUT2D eigenvalue weighted by Gasteiger charge is 2.24. The fourth-order valence-corrected chi connectivity index (χ4v) is 11.0. The largest absolute Gasteiger partial charge is 0.309 e. The monoisotopic (exact) mass is 923 g/mol. The second-order valence-corrected chi connectivity index (χ2v) is 19.1. The summed E-state index contributed by atoms with van der Waals surface area (Å²) in [4.78, 5) is 16.1. The Morgan fingerprint density at radius 3 is 1.36 bits per heavy atom. The van der Waals surface area contributed by atoms with E-state index in [0.717, 1.165) is 72.4 Å². The molecule has 10 aromatic carbocycles. The van der Waals surface area contributed by atoms with Gasteiger partial charge in [-0.25, -0.2) is 15.0 Å². The number of aryl methyl sites for hydroxylation is 4. The molecule has 0 radical (unpaired) electrons. The van der Waals surface area contributed by atoms with Crippen LogP contribution in [0.2, 0.25) is 0 Å². The standard InChI is InChI=1S/C67H49N5/c1-42-27-32-52(44(3)37-42)49-29-34-56-57-35-30-50(53-33-28-43(2)38-45(53)4)41-63(57)72(62(56)40-49)61-36-31-48(54-24-16-25-58-55-23-14-15-26-60(55)71(64(54)58)51-21-12-7-13-22-51)39-59(61)67-69-65(46-17-8-5-9-18-46)68-66(70-67)47-19-10-6-11-20-47/h5-41H,1-4H3. The van der Waals surface area contributed by atoms with Gasteiger partial charge in [0.05, 0.1) is 27.8 Å². The fraction of sp³-hybridized carbons (Fsp3) is 0.0597. The van der Waals surface area contributed by atoms with Crippen LogP contribution in [0.15, 0.2) is 224 Å². The van der Waals surface area contributed by atoms with Crippen molar-refractivity contribution in [3.63, 3.8) is 0 Å². The van der Waals surface area contributed by atoms with E-state index in [1.165, 1.54) is 54.9 Å². The minimum Gasteiger partial charge on any atom is -0.309 e. The van der Waals surface area contributed by atoms with Crippen LogP contribution in [0.3, 0.4) is 0 Å². The smallest absolute Gasteiger partial charge is 0.166 e. The van der Waals surface area contributed by atoms with Gasteiger partial charge in [0.1, 0.15) is 0 Å². The highest BCUT2D eigenvalue weighted by atomic mass is 15.1. The van der Waals surface area contributed by atoms with Crippen molar-refractivity contribution in [3.05, 3.63) is 247 Å². The third kappa shape index (κ3) is 7.28. The summed E-state index contributed by atoms with van der Waals surface area (Å²) in [6.45, 7) is 8.74. The quantitative estimate of drug-likeness (QED) is 0.153. The van der Waals surface area contributed by atoms with Gasteiger partial charge in [-0.15, -0.1) is 0 Å². The molecule has 5 heteroatoms. The van der Waals surface area contributed by atoms with Crippen molar-refractivity contribution in [1.82, 2.24) is 24.1 Å². The number of para-hydroxylation sites is 3. The van der Waals surface area contributed by atoms with Gasteiger partial charge in [0.15, 0.2) is 17.5 Å². The lowest BCUT2D eigenvalue weighted by molar-refractivity contribution is 1.06. The van der Waals surface area contributed by atoms with Gasteiger partial charge in [0, 0.05) is 49.5 Å². The topological polar surface area (TPSA) is 48.5 Å². The molecule has 3 heterocycles. The maximum Gasteiger partial charge on any atom is 0.166 e. The molecule has 0 bridgehead atoms. The molecule has 0 aliphatic heterocycles. The zero-order valence-corrected chi connectivity index (χ0v) is 40.6. The maximum atomic E-state index is 5.46. The van der Waals surface area contributed by atoms with Crippen LogP contribution in [0.5, 0.6) is 0 Å². The first-order valence-corrected chi connectivity index (χ1v) is 24.7. The first-order chi connectivity index (χ1) is 35.3. The average molecular weight is 924 g/mol. The van der Waals surface area contributed by atoms with Gasteiger partial charge in [-0.1, -0.05) is 193 Å². The van der Waals surface area contributed by atoms with E-state index in [-0.39, 0.29) is 0 Å². The molecule has 0 aliphatic carbocycles. The molecule has 3 aromatic heterocycles. The molecule has 0 saturated heterocycles. The third-order valence-electron chi connectivity index (χ3n) is 14.4. The Bertz CT molecular complexity index is 4070. The summed E-state index contributed by atoms with van der Waals surface area (Å²) < 4.78 is 4.87. The highest BCUT2D eigenvalue weighted by Crippen LogP contribution is 2.44. The van der Waals surface area contributed by atoms with Crippen molar-refractivity contribution >= 4 is 43.6 Å². The molecule has 0 amide bonds. The van der Waals surface area contributed by atoms with Crippen LogP contribution in [-0.4, -0.2) is 24.1 Å². The van der Waals surface area contributed by atoms with Gasteiger partial charge in [-0.3, -0.25) is 0 Å². The number of hydrogen-bond donors (Lipinski definition) is 0. The molecule has 72 heavy (non-hydrogen) atoms. The second kappa shape index (κ2) is 17.3. The summed E-state index contributed by atoms with van der Waals surface area (Å²) in [6, 6.07) is 80.9. The van der Waals surface area contributed by atoms with Gasteiger partial charge in [-0.2, -0.15) is 0 Å². The maximum absolute atomic E-state index is 5.46. The zero-order chi connectivity index (χ0) is 48.5. The van der Waals surface area contributed by atoms with Crippen molar-refractivity contribution in [1.29, 1.82) is 0 Å². The molecule has 13 rings (SSSR count). The Balaban J connectivity index is 1.15. The summed E-state index contributed by atoms with van der Waals surface area (Å²) >= 11 is 0. The lowest BCUT2D eigenvalue weighted by Crippen LogP contribution is -2.04. The number of nitrogens with zero attached hydrogens (tertiary/aromatic N) is 5. The van der Waals surface area contributed by atoms with Gasteiger partial charge in [0.2, 0.25) is 0 Å². The van der Waals surface area contributed by atoms with Gasteiger partial charge in [0.25, 0.3) is 0 Å². The van der Waals surface area contributed by atoms with Crippen molar-refractivity contribution in [2.75, 3.05) is 0 Å². The van der Waals surface area contributed by atoms with E-state index >= 15 is 0 Å². The van der Waals surface area contributed by atoms with E-state index in [9.17, 15) is 0 Å². The number of aromatic nitrogens is 5. The van der Waals surface area contributed by atoms with Crippen LogP contribution < -0.4 is 0 Å². The molecule has 342 valence electrons. The lowest BCUT2D eigenvalue weighted by Gasteiger charge is -2.18. The fourth-order valence-electron chi connectivity index (χ4n) is 11.0. The average Bonchev–Trinajstić information content (AvgIpc) is 3.93. The zero-order valence-electron chi connectivity index (χ0n) is 40.6. The summed E-state index contributed by atoms with van der Waals surface area (Å²) in [6.07, 6.45) is 0. The Kier molecular flexibility index (Phi) is 10.3. The van der Waals surface area contributed by atoms with E-state index in [1.54, 1.807) is 0 Å². The molecule has 0 fully saturated rings. The van der Waals surface area contributed by atoms with Gasteiger partial charge >= 0.3 is 0 Å². The third-order valence-corrected chi connectivity index (χ3v) is 14.4. The normalized spacial score (nSPS) is 11.6. The van der Waals surface area contributed by atoms with E-state index in [4.69, 9.17) is 15.0 Å². The van der Waals surface area contributed by atoms with Crippen molar-refractivity contribution in [2.45, 2.75) is 27.7 Å². The predicted octanol–water partition coefficient (Wildman–Crippen LogP) is 17.3. The first kappa shape index (κ1) is 42.9. The first-order valence-electron chi connectivity index (χ1n) is 24.7. The van der Waals surface area contributed by atoms with Crippen molar-refractivity contribution < 1.29 is 0 Å². The van der Waals surface area contributed by atoms with E-state index < -0.39 is 0 Å². The molecule has 0 unspecified atom stereocenters. The summed E-state index contributed by atoms with van der Waals surface area (Å²) in [5.74, 6) is 1.80. The van der Waals surface area contributed by atoms with E-state index in [0.29, 0.717) is 17.5 Å². The lowest BCUT2D eigenvalue weighted by atomic mass is 9.96. The molecule has 0 spiro atoms. The molecule has 5 nitrogen and oxygen atoms in total. The Morgan fingerprint density at radius 1 is 0.292 bits per heavy atom. The van der Waals surface area contributed by atoms with Crippen molar-refractivity contribution in [3.8, 4) is 78.9 Å². The minimum absolute atomic E-state index is 0.585. The van der Waals surface area contributed by atoms with Crippen LogP contribution in [0, 0.1) is 27.7 Å². The van der Waals surface area contributed by atoms with Crippen LogP contribution in [0.1, 0.15) is 22.3 Å². The van der Waals surface area contributed by atoms with Gasteiger partial charge < -0.3 is 9.13 Å². The number of rotatable bonds is 8. The predicted molar refractivity (Wildman–Crippen MR) is 300 cm³/mol. The van der Waals surface area contributed by atoms with E-state index in [1.807, 2.05) is 36.4 Å². The SMILES string of the molecule is Cc1ccc(-c2ccc3c4ccc(-c5ccc(C)cc5C)cc4n(-c4ccc(-c5cccc6c7ccccc7n(-c7ccccc7)c56)cc4-c4nc(-c5ccccc5)nc(-c5ccccc5)n4)c3c2)c(C)c1. The van der Waals surface area contributed by atoms with Crippen LogP contribution in [-0.2, 0) is 0 Å². The number of benzene rings is 10. The highest BCUT2D eigenvalue weighted by molar-refractivity contribution is 6.15. The van der Waals surface area contributed by atoms with E-state index in [2.05, 4.69) is 225 Å². The molecule has 13 aromatic rings. The van der Waals surface area contributed by atoms with Crippen molar-refractivity contribution in [2.24, 2.45) is 0 Å². The molecular weight excluding hydrogens is 875 g/mol. The Hall–Kier alpha value is -9.19. The van der Waals surface area contributed by atoms with Crippen LogP contribution in [0.4, 0.5) is 0 Å². The number of hydrogen-bond acceptors (Lipinski definition) is 3. The summed E-state index contributed by atoms with van der Waals surface area (Å²) in [5.41, 5.74) is 21.2. The summed E-state index contributed by atoms with van der Waals surface area (Å²) in [7, 11) is 0. The van der Waals surface area contributed by atoms with Crippen LogP contribution >= 0.6 is 0 Å². The molecule has 0 N–H and O–H groups in total. The van der Waals surface area contributed by atoms with Gasteiger partial charge in [-0.05, 0) is 109 Å². The Morgan fingerprint density at radius 2 is 0.778 bits per heavy atom. The minimum atomic E-state index is 0.585. The molecular formula is C67H49N5. The molecule has 0 atom stereocenters. The molecule has 0 saturated carbocycles. The van der Waals surface area contributed by atoms with Crippen LogP contribution in [0.25, 0.3) is 123 Å². The Labute approximate surface area is 419 Å². The summed E-state index contributed by atoms with van der Waals surface area (Å²) in [5, 5.41) is 4.74.